The van der Waals surface area contributed by atoms with E-state index >= 15 is 0 Å². The van der Waals surface area contributed by atoms with Crippen molar-refractivity contribution in [2.45, 2.75) is 20.3 Å². The Labute approximate surface area is 172 Å². The van der Waals surface area contributed by atoms with Gasteiger partial charge >= 0.3 is 12.0 Å². The summed E-state index contributed by atoms with van der Waals surface area (Å²) in [5.74, 6) is -0.0373. The van der Waals surface area contributed by atoms with E-state index in [4.69, 9.17) is 16.0 Å². The molecule has 0 saturated heterocycles. The number of para-hydroxylation sites is 1. The van der Waals surface area contributed by atoms with Crippen molar-refractivity contribution in [2.75, 3.05) is 10.6 Å². The second kappa shape index (κ2) is 8.36. The van der Waals surface area contributed by atoms with Crippen molar-refractivity contribution in [3.8, 4) is 11.3 Å². The number of carbonyl (C=O) groups excluding carboxylic acids is 1. The standard InChI is InChI=1S/C21H20ClN3O4/c1-21(2,19(26)27)11-18-23-12-17(29-18)13-7-9-14(10-8-13)24-20(28)25-16-6-4-3-5-15(16)22/h3-10,12H,11H2,1-2H3,(H,26,27)(H2,24,25,28). The van der Waals surface area contributed by atoms with Crippen molar-refractivity contribution in [1.82, 2.24) is 4.98 Å². The maximum Gasteiger partial charge on any atom is 0.323 e. The summed E-state index contributed by atoms with van der Waals surface area (Å²) in [5, 5.41) is 15.1. The number of urea groups is 1. The Morgan fingerprint density at radius 1 is 1.10 bits per heavy atom. The van der Waals surface area contributed by atoms with E-state index in [2.05, 4.69) is 15.6 Å². The zero-order valence-electron chi connectivity index (χ0n) is 15.9. The lowest BCUT2D eigenvalue weighted by Gasteiger charge is -2.16. The minimum absolute atomic E-state index is 0.185. The number of hydrogen-bond acceptors (Lipinski definition) is 4. The van der Waals surface area contributed by atoms with E-state index in [9.17, 15) is 14.7 Å². The van der Waals surface area contributed by atoms with Crippen molar-refractivity contribution < 1.29 is 19.1 Å². The van der Waals surface area contributed by atoms with Gasteiger partial charge in [0.2, 0.25) is 0 Å². The molecule has 1 heterocycles. The largest absolute Gasteiger partial charge is 0.481 e. The number of carboxylic acids is 1. The number of amides is 2. The number of rotatable bonds is 6. The number of nitrogens with zero attached hydrogens (tertiary/aromatic N) is 1. The monoisotopic (exact) mass is 413 g/mol. The van der Waals surface area contributed by atoms with Gasteiger partial charge in [0, 0.05) is 17.7 Å². The number of anilines is 2. The van der Waals surface area contributed by atoms with E-state index in [1.54, 1.807) is 68.6 Å². The second-order valence-corrected chi connectivity index (χ2v) is 7.53. The van der Waals surface area contributed by atoms with Crippen LogP contribution in [0.3, 0.4) is 0 Å². The first-order chi connectivity index (χ1) is 13.7. The molecule has 0 bridgehead atoms. The summed E-state index contributed by atoms with van der Waals surface area (Å²) in [6, 6.07) is 13.5. The molecule has 0 radical (unpaired) electrons. The second-order valence-electron chi connectivity index (χ2n) is 7.12. The van der Waals surface area contributed by atoms with E-state index in [-0.39, 0.29) is 6.42 Å². The Bertz CT molecular complexity index is 1030. The quantitative estimate of drug-likeness (QED) is 0.509. The van der Waals surface area contributed by atoms with Crippen LogP contribution in [0.15, 0.2) is 59.1 Å². The van der Waals surface area contributed by atoms with Crippen molar-refractivity contribution in [3.05, 3.63) is 65.6 Å². The van der Waals surface area contributed by atoms with Crippen molar-refractivity contribution in [1.29, 1.82) is 0 Å². The average molecular weight is 414 g/mol. The predicted octanol–water partition coefficient (Wildman–Crippen LogP) is 5.29. The molecule has 2 amide bonds. The molecule has 0 aliphatic rings. The molecule has 29 heavy (non-hydrogen) atoms. The van der Waals surface area contributed by atoms with Gasteiger partial charge in [0.05, 0.1) is 22.3 Å². The number of benzene rings is 2. The SMILES string of the molecule is CC(C)(Cc1ncc(-c2ccc(NC(=O)Nc3ccccc3Cl)cc2)o1)C(=O)O. The molecule has 3 rings (SSSR count). The summed E-state index contributed by atoms with van der Waals surface area (Å²) < 4.78 is 5.68. The number of nitrogens with one attached hydrogen (secondary N) is 2. The van der Waals surface area contributed by atoms with Gasteiger partial charge in [0.1, 0.15) is 0 Å². The first-order valence-electron chi connectivity index (χ1n) is 8.86. The van der Waals surface area contributed by atoms with Crippen LogP contribution in [0.25, 0.3) is 11.3 Å². The van der Waals surface area contributed by atoms with Crippen LogP contribution < -0.4 is 10.6 Å². The zero-order valence-corrected chi connectivity index (χ0v) is 16.7. The summed E-state index contributed by atoms with van der Waals surface area (Å²) in [6.45, 7) is 3.24. The number of oxazole rings is 1. The molecular weight excluding hydrogens is 394 g/mol. The molecule has 8 heteroatoms. The third kappa shape index (κ3) is 5.14. The zero-order chi connectivity index (χ0) is 21.0. The van der Waals surface area contributed by atoms with E-state index in [1.165, 1.54) is 0 Å². The highest BCUT2D eigenvalue weighted by Crippen LogP contribution is 2.27. The molecule has 0 aliphatic carbocycles. The van der Waals surface area contributed by atoms with Gasteiger partial charge in [0.15, 0.2) is 11.7 Å². The molecule has 0 saturated carbocycles. The van der Waals surface area contributed by atoms with Crippen LogP contribution in [-0.2, 0) is 11.2 Å². The van der Waals surface area contributed by atoms with Gasteiger partial charge in [-0.25, -0.2) is 9.78 Å². The maximum absolute atomic E-state index is 12.1. The third-order valence-electron chi connectivity index (χ3n) is 4.28. The van der Waals surface area contributed by atoms with Gasteiger partial charge in [0.25, 0.3) is 0 Å². The highest BCUT2D eigenvalue weighted by Gasteiger charge is 2.29. The topological polar surface area (TPSA) is 104 Å². The number of aromatic nitrogens is 1. The molecule has 0 atom stereocenters. The van der Waals surface area contributed by atoms with Gasteiger partial charge < -0.3 is 20.2 Å². The van der Waals surface area contributed by atoms with Crippen LogP contribution in [0.2, 0.25) is 5.02 Å². The van der Waals surface area contributed by atoms with Crippen LogP contribution >= 0.6 is 11.6 Å². The van der Waals surface area contributed by atoms with E-state index in [1.807, 2.05) is 0 Å². The van der Waals surface area contributed by atoms with Crippen LogP contribution in [0.4, 0.5) is 16.2 Å². The van der Waals surface area contributed by atoms with E-state index in [0.717, 1.165) is 5.56 Å². The van der Waals surface area contributed by atoms with Crippen molar-refractivity contribution in [2.24, 2.45) is 5.41 Å². The number of halogens is 1. The molecule has 3 N–H and O–H groups in total. The minimum atomic E-state index is -0.967. The molecule has 1 aromatic heterocycles. The van der Waals surface area contributed by atoms with Gasteiger partial charge in [-0.3, -0.25) is 4.79 Å². The Morgan fingerprint density at radius 2 is 1.79 bits per heavy atom. The average Bonchev–Trinajstić information content (AvgIpc) is 3.12. The molecule has 0 aliphatic heterocycles. The molecule has 0 fully saturated rings. The lowest BCUT2D eigenvalue weighted by atomic mass is 9.90. The fourth-order valence-corrected chi connectivity index (χ4v) is 2.73. The highest BCUT2D eigenvalue weighted by atomic mass is 35.5. The summed E-state index contributed by atoms with van der Waals surface area (Å²) in [5.41, 5.74) is 0.894. The number of hydrogen-bond donors (Lipinski definition) is 3. The first-order valence-corrected chi connectivity index (χ1v) is 9.23. The fourth-order valence-electron chi connectivity index (χ4n) is 2.54. The molecule has 2 aromatic carbocycles. The lowest BCUT2D eigenvalue weighted by Crippen LogP contribution is -2.26. The minimum Gasteiger partial charge on any atom is -0.481 e. The van der Waals surface area contributed by atoms with Gasteiger partial charge in [-0.1, -0.05) is 23.7 Å². The summed E-state index contributed by atoms with van der Waals surface area (Å²) in [7, 11) is 0. The third-order valence-corrected chi connectivity index (χ3v) is 4.60. The molecular formula is C21H20ClN3O4. The van der Waals surface area contributed by atoms with Crippen LogP contribution in [-0.4, -0.2) is 22.1 Å². The van der Waals surface area contributed by atoms with Crippen LogP contribution in [0.5, 0.6) is 0 Å². The normalized spacial score (nSPS) is 11.1. The molecule has 7 nitrogen and oxygen atoms in total. The molecule has 0 spiro atoms. The molecule has 0 unspecified atom stereocenters. The highest BCUT2D eigenvalue weighted by molar-refractivity contribution is 6.33. The molecule has 3 aromatic rings. The summed E-state index contributed by atoms with van der Waals surface area (Å²) in [4.78, 5) is 27.5. The van der Waals surface area contributed by atoms with Crippen molar-refractivity contribution in [3.63, 3.8) is 0 Å². The Kier molecular flexibility index (Phi) is 5.89. The summed E-state index contributed by atoms with van der Waals surface area (Å²) in [6.07, 6.45) is 1.74. The van der Waals surface area contributed by atoms with Crippen molar-refractivity contribution >= 4 is 35.0 Å². The van der Waals surface area contributed by atoms with Crippen LogP contribution in [0, 0.1) is 5.41 Å². The van der Waals surface area contributed by atoms with Gasteiger partial charge in [-0.05, 0) is 50.2 Å². The smallest absolute Gasteiger partial charge is 0.323 e. The Morgan fingerprint density at radius 3 is 2.45 bits per heavy atom. The fraction of sp³-hybridized carbons (Fsp3) is 0.190. The Hall–Kier alpha value is -3.32. The van der Waals surface area contributed by atoms with Gasteiger partial charge in [-0.2, -0.15) is 0 Å². The summed E-state index contributed by atoms with van der Waals surface area (Å²) >= 11 is 6.03. The first kappa shape index (κ1) is 20.4. The Balaban J connectivity index is 1.64. The number of carboxylic acid groups (broad SMARTS) is 1. The lowest BCUT2D eigenvalue weighted by molar-refractivity contribution is -0.147. The molecule has 150 valence electrons. The van der Waals surface area contributed by atoms with E-state index < -0.39 is 17.4 Å². The number of carbonyl (C=O) groups is 2. The maximum atomic E-state index is 12.1. The van der Waals surface area contributed by atoms with Gasteiger partial charge in [-0.15, -0.1) is 0 Å². The number of aliphatic carboxylic acids is 1. The van der Waals surface area contributed by atoms with Crippen LogP contribution in [0.1, 0.15) is 19.7 Å². The predicted molar refractivity (Wildman–Crippen MR) is 111 cm³/mol. The van der Waals surface area contributed by atoms with E-state index in [0.29, 0.717) is 28.0 Å².